The Morgan fingerprint density at radius 1 is 1.22 bits per heavy atom. The largest absolute Gasteiger partial charge is 0.465 e. The first-order valence-electron chi connectivity index (χ1n) is 6.77. The van der Waals surface area contributed by atoms with E-state index in [-0.39, 0.29) is 22.6 Å². The molecule has 0 unspecified atom stereocenters. The van der Waals surface area contributed by atoms with Crippen molar-refractivity contribution in [1.82, 2.24) is 4.72 Å². The van der Waals surface area contributed by atoms with E-state index in [0.29, 0.717) is 5.56 Å². The Balaban J connectivity index is 2.29. The number of aryl methyl sites for hydroxylation is 1. The summed E-state index contributed by atoms with van der Waals surface area (Å²) in [6.45, 7) is 1.43. The summed E-state index contributed by atoms with van der Waals surface area (Å²) in [5, 5.41) is 0. The molecule has 0 fully saturated rings. The summed E-state index contributed by atoms with van der Waals surface area (Å²) >= 11 is 0. The van der Waals surface area contributed by atoms with Crippen molar-refractivity contribution in [2.75, 3.05) is 7.11 Å². The van der Waals surface area contributed by atoms with Gasteiger partial charge in [0.1, 0.15) is 5.82 Å². The third-order valence-corrected chi connectivity index (χ3v) is 4.85. The Morgan fingerprint density at radius 2 is 1.91 bits per heavy atom. The molecule has 0 radical (unpaired) electrons. The molecule has 2 aromatic rings. The van der Waals surface area contributed by atoms with E-state index in [1.54, 1.807) is 13.0 Å². The van der Waals surface area contributed by atoms with Crippen molar-refractivity contribution in [3.8, 4) is 0 Å². The smallest absolute Gasteiger partial charge is 0.337 e. The number of hydrogen-bond acceptors (Lipinski definition) is 4. The molecule has 2 rings (SSSR count). The molecule has 0 saturated heterocycles. The number of esters is 1. The zero-order valence-electron chi connectivity index (χ0n) is 12.7. The molecule has 0 saturated carbocycles. The van der Waals surface area contributed by atoms with Crippen LogP contribution in [0.15, 0.2) is 47.4 Å². The zero-order chi connectivity index (χ0) is 17.0. The van der Waals surface area contributed by atoms with Gasteiger partial charge in [-0.3, -0.25) is 0 Å². The second-order valence-corrected chi connectivity index (χ2v) is 6.62. The van der Waals surface area contributed by atoms with E-state index in [2.05, 4.69) is 9.46 Å². The van der Waals surface area contributed by atoms with Crippen LogP contribution in [0.3, 0.4) is 0 Å². The van der Waals surface area contributed by atoms with Crippen LogP contribution in [0.25, 0.3) is 0 Å². The highest BCUT2D eigenvalue weighted by molar-refractivity contribution is 7.89. The van der Waals surface area contributed by atoms with E-state index in [1.807, 2.05) is 0 Å². The summed E-state index contributed by atoms with van der Waals surface area (Å²) in [6.07, 6.45) is 0. The number of benzene rings is 2. The number of carbonyl (C=O) groups excluding carboxylic acids is 1. The number of halogens is 1. The van der Waals surface area contributed by atoms with Crippen LogP contribution in [0.2, 0.25) is 0 Å². The van der Waals surface area contributed by atoms with E-state index >= 15 is 0 Å². The fourth-order valence-electron chi connectivity index (χ4n) is 2.03. The van der Waals surface area contributed by atoms with Crippen LogP contribution in [0.5, 0.6) is 0 Å². The fourth-order valence-corrected chi connectivity index (χ4v) is 3.30. The van der Waals surface area contributed by atoms with Gasteiger partial charge >= 0.3 is 5.97 Å². The van der Waals surface area contributed by atoms with Crippen LogP contribution >= 0.6 is 0 Å². The Morgan fingerprint density at radius 3 is 2.57 bits per heavy atom. The lowest BCUT2D eigenvalue weighted by Crippen LogP contribution is -2.24. The lowest BCUT2D eigenvalue weighted by molar-refractivity contribution is 0.0600. The van der Waals surface area contributed by atoms with Gasteiger partial charge in [-0.05, 0) is 30.7 Å². The van der Waals surface area contributed by atoms with Crippen LogP contribution in [0, 0.1) is 12.7 Å². The number of nitrogens with one attached hydrogen (secondary N) is 1. The first kappa shape index (κ1) is 17.1. The molecule has 5 nitrogen and oxygen atoms in total. The van der Waals surface area contributed by atoms with Gasteiger partial charge in [-0.15, -0.1) is 0 Å². The number of rotatable bonds is 5. The Bertz CT molecular complexity index is 834. The third-order valence-electron chi connectivity index (χ3n) is 3.31. The number of methoxy groups -OCH3 is 1. The van der Waals surface area contributed by atoms with Crippen molar-refractivity contribution in [1.29, 1.82) is 0 Å². The first-order chi connectivity index (χ1) is 10.8. The number of ether oxygens (including phenoxy) is 1. The summed E-state index contributed by atoms with van der Waals surface area (Å²) in [7, 11) is -2.68. The van der Waals surface area contributed by atoms with Gasteiger partial charge in [-0.25, -0.2) is 22.3 Å². The van der Waals surface area contributed by atoms with E-state index in [0.717, 1.165) is 0 Å². The second kappa shape index (κ2) is 6.89. The number of sulfonamides is 1. The Labute approximate surface area is 134 Å². The number of hydrogen-bond donors (Lipinski definition) is 1. The van der Waals surface area contributed by atoms with Gasteiger partial charge in [0.15, 0.2) is 0 Å². The van der Waals surface area contributed by atoms with Crippen molar-refractivity contribution in [3.05, 3.63) is 65.0 Å². The Hall–Kier alpha value is -2.25. The van der Waals surface area contributed by atoms with Crippen molar-refractivity contribution in [3.63, 3.8) is 0 Å². The topological polar surface area (TPSA) is 72.5 Å². The summed E-state index contributed by atoms with van der Waals surface area (Å²) < 4.78 is 45.3. The lowest BCUT2D eigenvalue weighted by Gasteiger charge is -2.11. The van der Waals surface area contributed by atoms with E-state index < -0.39 is 21.8 Å². The molecule has 0 aromatic heterocycles. The molecule has 0 amide bonds. The van der Waals surface area contributed by atoms with Crippen LogP contribution in [0.4, 0.5) is 4.39 Å². The van der Waals surface area contributed by atoms with Gasteiger partial charge in [-0.2, -0.15) is 0 Å². The molecule has 1 N–H and O–H groups in total. The van der Waals surface area contributed by atoms with Gasteiger partial charge in [0.2, 0.25) is 10.0 Å². The summed E-state index contributed by atoms with van der Waals surface area (Å²) in [5.41, 5.74) is 0.834. The molecule has 0 aliphatic carbocycles. The third kappa shape index (κ3) is 3.94. The van der Waals surface area contributed by atoms with Gasteiger partial charge in [-0.1, -0.05) is 24.3 Å². The van der Waals surface area contributed by atoms with Crippen LogP contribution < -0.4 is 4.72 Å². The number of carbonyl (C=O) groups is 1. The molecule has 0 bridgehead atoms. The van der Waals surface area contributed by atoms with E-state index in [9.17, 15) is 17.6 Å². The summed E-state index contributed by atoms with van der Waals surface area (Å²) in [5.74, 6) is -1.12. The predicted molar refractivity (Wildman–Crippen MR) is 82.9 cm³/mol. The minimum Gasteiger partial charge on any atom is -0.465 e. The maximum atomic E-state index is 13.6. The Kier molecular flexibility index (Phi) is 5.12. The molecule has 0 heterocycles. The van der Waals surface area contributed by atoms with Gasteiger partial charge in [0.25, 0.3) is 0 Å². The molecule has 0 atom stereocenters. The van der Waals surface area contributed by atoms with Crippen molar-refractivity contribution >= 4 is 16.0 Å². The van der Waals surface area contributed by atoms with Crippen molar-refractivity contribution < 1.29 is 22.3 Å². The van der Waals surface area contributed by atoms with Crippen LogP contribution in [0.1, 0.15) is 21.5 Å². The first-order valence-corrected chi connectivity index (χ1v) is 8.25. The summed E-state index contributed by atoms with van der Waals surface area (Å²) in [6, 6.07) is 10.1. The molecule has 23 heavy (non-hydrogen) atoms. The molecule has 0 aliphatic rings. The predicted octanol–water partition coefficient (Wildman–Crippen LogP) is 2.40. The average molecular weight is 337 g/mol. The highest BCUT2D eigenvalue weighted by Gasteiger charge is 2.19. The second-order valence-electron chi connectivity index (χ2n) is 4.89. The monoisotopic (exact) mass is 337 g/mol. The molecule has 2 aromatic carbocycles. The normalized spacial score (nSPS) is 11.3. The van der Waals surface area contributed by atoms with Gasteiger partial charge < -0.3 is 4.74 Å². The van der Waals surface area contributed by atoms with Gasteiger partial charge in [0.05, 0.1) is 17.6 Å². The molecule has 0 spiro atoms. The van der Waals surface area contributed by atoms with Gasteiger partial charge in [0, 0.05) is 12.1 Å². The minimum absolute atomic E-state index is 0.0447. The van der Waals surface area contributed by atoms with Crippen LogP contribution in [-0.2, 0) is 21.3 Å². The highest BCUT2D eigenvalue weighted by atomic mass is 32.2. The van der Waals surface area contributed by atoms with Crippen molar-refractivity contribution in [2.24, 2.45) is 0 Å². The highest BCUT2D eigenvalue weighted by Crippen LogP contribution is 2.18. The van der Waals surface area contributed by atoms with E-state index in [4.69, 9.17) is 0 Å². The maximum absolute atomic E-state index is 13.6. The molecule has 0 aliphatic heterocycles. The van der Waals surface area contributed by atoms with Crippen molar-refractivity contribution in [2.45, 2.75) is 18.4 Å². The standard InChI is InChI=1S/C16H16FNO4S/c1-11-7-8-12(16(19)22-2)9-15(11)23(20,21)18-10-13-5-3-4-6-14(13)17/h3-9,18H,10H2,1-2H3. The lowest BCUT2D eigenvalue weighted by atomic mass is 10.1. The SMILES string of the molecule is COC(=O)c1ccc(C)c(S(=O)(=O)NCc2ccccc2F)c1. The molecule has 7 heteroatoms. The fraction of sp³-hybridized carbons (Fsp3) is 0.188. The molecule has 122 valence electrons. The quantitative estimate of drug-likeness (QED) is 0.851. The molecular formula is C16H16FNO4S. The average Bonchev–Trinajstić information content (AvgIpc) is 2.53. The molecular weight excluding hydrogens is 321 g/mol. The maximum Gasteiger partial charge on any atom is 0.337 e. The minimum atomic E-state index is -3.89. The van der Waals surface area contributed by atoms with Crippen LogP contribution in [-0.4, -0.2) is 21.5 Å². The zero-order valence-corrected chi connectivity index (χ0v) is 13.5. The van der Waals surface area contributed by atoms with E-state index in [1.165, 1.54) is 43.5 Å². The summed E-state index contributed by atoms with van der Waals surface area (Å²) in [4.78, 5) is 11.5.